The van der Waals surface area contributed by atoms with E-state index in [-0.39, 0.29) is 11.8 Å². The molecule has 3 N–H and O–H groups in total. The van der Waals surface area contributed by atoms with E-state index in [1.54, 1.807) is 31.3 Å². The van der Waals surface area contributed by atoms with Crippen LogP contribution in [-0.2, 0) is 11.2 Å². The van der Waals surface area contributed by atoms with E-state index in [0.717, 1.165) is 22.4 Å². The second-order valence-electron chi connectivity index (χ2n) is 7.81. The molecular weight excluding hydrogens is 382 g/mol. The van der Waals surface area contributed by atoms with Crippen molar-refractivity contribution < 1.29 is 14.6 Å². The molecule has 0 spiro atoms. The zero-order valence-electron chi connectivity index (χ0n) is 17.2. The molecular formula is C22H25N5O3. The average Bonchev–Trinajstić information content (AvgIpc) is 3.27. The third-order valence-electron chi connectivity index (χ3n) is 5.28. The van der Waals surface area contributed by atoms with Crippen LogP contribution in [0.5, 0.6) is 5.75 Å². The summed E-state index contributed by atoms with van der Waals surface area (Å²) in [6, 6.07) is 11.5. The minimum Gasteiger partial charge on any atom is -0.492 e. The van der Waals surface area contributed by atoms with E-state index in [0.29, 0.717) is 30.0 Å². The standard InChI is InChI=1S/C22H25N5O3/c1-13-4-7-20-15(8-13)9-16(12-30-20)21(28)24-18-6-5-14(19-11-23-26-25-19)10-17(18)22(29)27(2)3/h4-8,10-11,16,22,29H,9,12H2,1-3H3,(H,24,28)(H,23,25,26). The molecule has 2 atom stereocenters. The number of fused-ring (bicyclic) bond motifs is 1. The number of carbonyl (C=O) groups is 1. The van der Waals surface area contributed by atoms with Crippen LogP contribution < -0.4 is 10.1 Å². The number of hydrogen-bond acceptors (Lipinski definition) is 6. The molecule has 0 saturated carbocycles. The lowest BCUT2D eigenvalue weighted by molar-refractivity contribution is -0.121. The number of H-pyrrole nitrogens is 1. The van der Waals surface area contributed by atoms with Gasteiger partial charge >= 0.3 is 0 Å². The molecule has 8 nitrogen and oxygen atoms in total. The van der Waals surface area contributed by atoms with Crippen LogP contribution >= 0.6 is 0 Å². The lowest BCUT2D eigenvalue weighted by atomic mass is 9.94. The Balaban J connectivity index is 1.58. The van der Waals surface area contributed by atoms with Crippen LogP contribution in [0.1, 0.15) is 22.9 Å². The third kappa shape index (κ3) is 4.05. The summed E-state index contributed by atoms with van der Waals surface area (Å²) in [5.41, 5.74) is 4.77. The second-order valence-corrected chi connectivity index (χ2v) is 7.81. The molecule has 0 saturated heterocycles. The van der Waals surface area contributed by atoms with Gasteiger partial charge in [0.2, 0.25) is 5.91 Å². The first-order valence-corrected chi connectivity index (χ1v) is 9.80. The van der Waals surface area contributed by atoms with Crippen LogP contribution in [0, 0.1) is 12.8 Å². The normalized spacial score (nSPS) is 16.6. The molecule has 4 rings (SSSR count). The van der Waals surface area contributed by atoms with Gasteiger partial charge in [-0.15, -0.1) is 0 Å². The van der Waals surface area contributed by atoms with E-state index < -0.39 is 6.23 Å². The van der Waals surface area contributed by atoms with Crippen LogP contribution in [0.15, 0.2) is 42.6 Å². The maximum absolute atomic E-state index is 13.0. The van der Waals surface area contributed by atoms with Crippen molar-refractivity contribution in [1.29, 1.82) is 0 Å². The summed E-state index contributed by atoms with van der Waals surface area (Å²) in [6.07, 6.45) is 1.34. The monoisotopic (exact) mass is 407 g/mol. The molecule has 1 aromatic heterocycles. The number of amides is 1. The molecule has 0 fully saturated rings. The summed E-state index contributed by atoms with van der Waals surface area (Å²) in [6.45, 7) is 2.35. The topological polar surface area (TPSA) is 103 Å². The third-order valence-corrected chi connectivity index (χ3v) is 5.28. The molecule has 2 heterocycles. The Hall–Kier alpha value is -3.23. The molecule has 2 aromatic carbocycles. The highest BCUT2D eigenvalue weighted by Crippen LogP contribution is 2.32. The number of aromatic nitrogens is 3. The van der Waals surface area contributed by atoms with Gasteiger partial charge in [-0.3, -0.25) is 9.69 Å². The number of hydrogen-bond donors (Lipinski definition) is 3. The Morgan fingerprint density at radius 2 is 2.13 bits per heavy atom. The second kappa shape index (κ2) is 8.25. The van der Waals surface area contributed by atoms with Gasteiger partial charge in [0, 0.05) is 16.8 Å². The molecule has 156 valence electrons. The summed E-state index contributed by atoms with van der Waals surface area (Å²) in [5, 5.41) is 24.2. The number of nitrogens with zero attached hydrogens (tertiary/aromatic N) is 3. The fourth-order valence-corrected chi connectivity index (χ4v) is 3.59. The highest BCUT2D eigenvalue weighted by Gasteiger charge is 2.27. The van der Waals surface area contributed by atoms with Crippen molar-refractivity contribution in [3.63, 3.8) is 0 Å². The van der Waals surface area contributed by atoms with E-state index in [2.05, 4.69) is 26.8 Å². The molecule has 0 radical (unpaired) electrons. The number of aliphatic hydroxyl groups excluding tert-OH is 1. The Morgan fingerprint density at radius 1 is 1.30 bits per heavy atom. The van der Waals surface area contributed by atoms with Gasteiger partial charge in [0.25, 0.3) is 0 Å². The number of aryl methyl sites for hydroxylation is 1. The lowest BCUT2D eigenvalue weighted by Gasteiger charge is -2.26. The first kappa shape index (κ1) is 20.1. The van der Waals surface area contributed by atoms with Gasteiger partial charge in [-0.25, -0.2) is 0 Å². The molecule has 30 heavy (non-hydrogen) atoms. The predicted octanol–water partition coefficient (Wildman–Crippen LogP) is 2.52. The molecule has 1 aliphatic heterocycles. The van der Waals surface area contributed by atoms with Gasteiger partial charge in [-0.05, 0) is 51.2 Å². The smallest absolute Gasteiger partial charge is 0.231 e. The number of anilines is 1. The maximum atomic E-state index is 13.0. The van der Waals surface area contributed by atoms with E-state index in [9.17, 15) is 9.90 Å². The van der Waals surface area contributed by atoms with Crippen molar-refractivity contribution in [3.8, 4) is 17.0 Å². The molecule has 2 unspecified atom stereocenters. The Kier molecular flexibility index (Phi) is 5.52. The molecule has 1 aliphatic rings. The SMILES string of the molecule is Cc1ccc2c(c1)CC(C(=O)Nc1ccc(-c3cn[nH]n3)cc1C(O)N(C)C)CO2. The van der Waals surface area contributed by atoms with Crippen molar-refractivity contribution >= 4 is 11.6 Å². The van der Waals surface area contributed by atoms with Crippen molar-refractivity contribution in [1.82, 2.24) is 20.3 Å². The van der Waals surface area contributed by atoms with Gasteiger partial charge < -0.3 is 15.2 Å². The number of nitrogens with one attached hydrogen (secondary N) is 2. The van der Waals surface area contributed by atoms with Crippen LogP contribution in [0.2, 0.25) is 0 Å². The van der Waals surface area contributed by atoms with Crippen molar-refractivity contribution in [2.75, 3.05) is 26.0 Å². The first-order valence-electron chi connectivity index (χ1n) is 9.80. The van der Waals surface area contributed by atoms with Gasteiger partial charge in [-0.1, -0.05) is 23.8 Å². The summed E-state index contributed by atoms with van der Waals surface area (Å²) in [4.78, 5) is 14.7. The fourth-order valence-electron chi connectivity index (χ4n) is 3.59. The lowest BCUT2D eigenvalue weighted by Crippen LogP contribution is -2.33. The number of carbonyl (C=O) groups excluding carboxylic acids is 1. The van der Waals surface area contributed by atoms with Crippen molar-refractivity contribution in [3.05, 3.63) is 59.3 Å². The molecule has 0 bridgehead atoms. The Bertz CT molecular complexity index is 1050. The molecule has 3 aromatic rings. The molecule has 1 amide bonds. The van der Waals surface area contributed by atoms with Crippen LogP contribution in [-0.4, -0.2) is 52.0 Å². The maximum Gasteiger partial charge on any atom is 0.231 e. The highest BCUT2D eigenvalue weighted by molar-refractivity contribution is 5.94. The van der Waals surface area contributed by atoms with Gasteiger partial charge in [-0.2, -0.15) is 15.4 Å². The summed E-state index contributed by atoms with van der Waals surface area (Å²) in [5.74, 6) is 0.396. The van der Waals surface area contributed by atoms with E-state index in [1.165, 1.54) is 0 Å². The number of aliphatic hydroxyl groups is 1. The molecule has 0 aliphatic carbocycles. The number of benzene rings is 2. The fraction of sp³-hybridized carbons (Fsp3) is 0.318. The van der Waals surface area contributed by atoms with Crippen molar-refractivity contribution in [2.45, 2.75) is 19.6 Å². The average molecular weight is 407 g/mol. The van der Waals surface area contributed by atoms with E-state index in [4.69, 9.17) is 4.74 Å². The number of ether oxygens (including phenoxy) is 1. The minimum atomic E-state index is -0.891. The molecule has 8 heteroatoms. The van der Waals surface area contributed by atoms with Gasteiger partial charge in [0.1, 0.15) is 24.3 Å². The van der Waals surface area contributed by atoms with E-state index in [1.807, 2.05) is 31.2 Å². The Labute approximate surface area is 174 Å². The minimum absolute atomic E-state index is 0.136. The zero-order valence-corrected chi connectivity index (χ0v) is 17.2. The van der Waals surface area contributed by atoms with E-state index >= 15 is 0 Å². The highest BCUT2D eigenvalue weighted by atomic mass is 16.5. The quantitative estimate of drug-likeness (QED) is 0.562. The van der Waals surface area contributed by atoms with Crippen LogP contribution in [0.25, 0.3) is 11.3 Å². The number of rotatable bonds is 5. The van der Waals surface area contributed by atoms with Crippen LogP contribution in [0.4, 0.5) is 5.69 Å². The summed E-state index contributed by atoms with van der Waals surface area (Å²) in [7, 11) is 3.54. The largest absolute Gasteiger partial charge is 0.492 e. The van der Waals surface area contributed by atoms with Crippen LogP contribution in [0.3, 0.4) is 0 Å². The summed E-state index contributed by atoms with van der Waals surface area (Å²) >= 11 is 0. The van der Waals surface area contributed by atoms with Crippen molar-refractivity contribution in [2.24, 2.45) is 5.92 Å². The number of aromatic amines is 1. The predicted molar refractivity (Wildman–Crippen MR) is 113 cm³/mol. The Morgan fingerprint density at radius 3 is 2.87 bits per heavy atom. The van der Waals surface area contributed by atoms with Gasteiger partial charge in [0.05, 0.1) is 12.1 Å². The van der Waals surface area contributed by atoms with Gasteiger partial charge in [0.15, 0.2) is 0 Å². The zero-order chi connectivity index (χ0) is 21.3. The first-order chi connectivity index (χ1) is 14.4. The summed E-state index contributed by atoms with van der Waals surface area (Å²) < 4.78 is 5.80.